The summed E-state index contributed by atoms with van der Waals surface area (Å²) in [5.74, 6) is -0.166. The molecule has 0 unspecified atom stereocenters. The summed E-state index contributed by atoms with van der Waals surface area (Å²) in [5, 5.41) is 4.41. The lowest BCUT2D eigenvalue weighted by Crippen LogP contribution is -2.46. The summed E-state index contributed by atoms with van der Waals surface area (Å²) in [6.45, 7) is 4.76. The number of nitrogens with zero attached hydrogens (tertiary/aromatic N) is 2. The Morgan fingerprint density at radius 2 is 1.56 bits per heavy atom. The zero-order valence-electron chi connectivity index (χ0n) is 17.7. The number of benzene rings is 3. The van der Waals surface area contributed by atoms with Gasteiger partial charge in [0.15, 0.2) is 0 Å². The Morgan fingerprint density at radius 3 is 2.25 bits per heavy atom. The molecule has 164 valence electrons. The van der Waals surface area contributed by atoms with Crippen LogP contribution in [0.2, 0.25) is 10.0 Å². The van der Waals surface area contributed by atoms with Crippen LogP contribution >= 0.6 is 23.2 Å². The van der Waals surface area contributed by atoms with Crippen molar-refractivity contribution >= 4 is 46.6 Å². The molecule has 0 aliphatic carbocycles. The van der Waals surface area contributed by atoms with Gasteiger partial charge < -0.3 is 10.2 Å². The molecule has 1 saturated heterocycles. The molecule has 1 aliphatic rings. The highest BCUT2D eigenvalue weighted by Gasteiger charge is 2.18. The zero-order valence-corrected chi connectivity index (χ0v) is 19.2. The molecule has 1 aliphatic heterocycles. The first-order chi connectivity index (χ1) is 15.6. The summed E-state index contributed by atoms with van der Waals surface area (Å²) in [5.41, 5.74) is 4.04. The molecule has 0 radical (unpaired) electrons. The van der Waals surface area contributed by atoms with Crippen LogP contribution in [0.3, 0.4) is 0 Å². The molecule has 1 amide bonds. The minimum absolute atomic E-state index is 0.166. The van der Waals surface area contributed by atoms with E-state index in [9.17, 15) is 4.79 Å². The maximum atomic E-state index is 12.2. The smallest absolute Gasteiger partial charge is 0.248 e. The number of nitrogens with one attached hydrogen (secondary N) is 1. The molecule has 0 aromatic heterocycles. The lowest BCUT2D eigenvalue weighted by atomic mass is 10.2. The molecule has 3 aromatic carbocycles. The van der Waals surface area contributed by atoms with Crippen LogP contribution in [-0.2, 0) is 11.3 Å². The third-order valence-electron chi connectivity index (χ3n) is 5.52. The number of halogens is 2. The van der Waals surface area contributed by atoms with Crippen molar-refractivity contribution in [3.63, 3.8) is 0 Å². The van der Waals surface area contributed by atoms with Crippen molar-refractivity contribution in [3.05, 3.63) is 100 Å². The second-order valence-corrected chi connectivity index (χ2v) is 8.62. The van der Waals surface area contributed by atoms with Crippen molar-refractivity contribution < 1.29 is 4.79 Å². The Bertz CT molecular complexity index is 1070. The van der Waals surface area contributed by atoms with Crippen LogP contribution in [-0.4, -0.2) is 37.0 Å². The summed E-state index contributed by atoms with van der Waals surface area (Å²) < 4.78 is 0. The van der Waals surface area contributed by atoms with Crippen LogP contribution in [0.15, 0.2) is 78.9 Å². The number of amides is 1. The third-order valence-corrected chi connectivity index (χ3v) is 6.14. The van der Waals surface area contributed by atoms with Crippen LogP contribution in [0.5, 0.6) is 0 Å². The minimum atomic E-state index is -0.166. The van der Waals surface area contributed by atoms with Gasteiger partial charge in [-0.25, -0.2) is 0 Å². The third kappa shape index (κ3) is 6.13. The first-order valence-electron chi connectivity index (χ1n) is 10.6. The van der Waals surface area contributed by atoms with Gasteiger partial charge in [0.2, 0.25) is 5.91 Å². The predicted octanol–water partition coefficient (Wildman–Crippen LogP) is 5.97. The Morgan fingerprint density at radius 1 is 0.875 bits per heavy atom. The second-order valence-electron chi connectivity index (χ2n) is 7.78. The molecule has 1 heterocycles. The van der Waals surface area contributed by atoms with E-state index in [-0.39, 0.29) is 5.91 Å². The Hall–Kier alpha value is -2.79. The van der Waals surface area contributed by atoms with Gasteiger partial charge in [-0.15, -0.1) is 0 Å². The van der Waals surface area contributed by atoms with Crippen LogP contribution < -0.4 is 10.2 Å². The van der Waals surface area contributed by atoms with Crippen LogP contribution in [0.1, 0.15) is 11.1 Å². The number of carbonyl (C=O) groups excluding carboxylic acids is 1. The van der Waals surface area contributed by atoms with Crippen LogP contribution in [0.25, 0.3) is 6.08 Å². The van der Waals surface area contributed by atoms with Gasteiger partial charge in [0, 0.05) is 60.2 Å². The fraction of sp³-hybridized carbons (Fsp3) is 0.192. The van der Waals surface area contributed by atoms with Gasteiger partial charge in [0.1, 0.15) is 0 Å². The number of piperazine rings is 1. The summed E-state index contributed by atoms with van der Waals surface area (Å²) in [6, 6.07) is 23.4. The fourth-order valence-electron chi connectivity index (χ4n) is 3.72. The van der Waals surface area contributed by atoms with E-state index in [0.29, 0.717) is 5.02 Å². The van der Waals surface area contributed by atoms with Crippen molar-refractivity contribution in [1.82, 2.24) is 4.90 Å². The normalized spacial score (nSPS) is 14.6. The van der Waals surface area contributed by atoms with E-state index in [1.807, 2.05) is 42.5 Å². The molecule has 3 aromatic rings. The van der Waals surface area contributed by atoms with Crippen LogP contribution in [0, 0.1) is 0 Å². The van der Waals surface area contributed by atoms with E-state index in [0.717, 1.165) is 54.7 Å². The average molecular weight is 466 g/mol. The van der Waals surface area contributed by atoms with Crippen LogP contribution in [0.4, 0.5) is 11.4 Å². The van der Waals surface area contributed by atoms with E-state index < -0.39 is 0 Å². The summed E-state index contributed by atoms with van der Waals surface area (Å²) in [4.78, 5) is 17.0. The van der Waals surface area contributed by atoms with Crippen molar-refractivity contribution in [2.75, 3.05) is 36.4 Å². The first-order valence-corrected chi connectivity index (χ1v) is 11.4. The number of hydrogen-bond donors (Lipinski definition) is 1. The number of carbonyl (C=O) groups is 1. The maximum Gasteiger partial charge on any atom is 0.248 e. The summed E-state index contributed by atoms with van der Waals surface area (Å²) >= 11 is 12.2. The van der Waals surface area contributed by atoms with Gasteiger partial charge in [0.05, 0.1) is 0 Å². The average Bonchev–Trinajstić information content (AvgIpc) is 2.81. The highest BCUT2D eigenvalue weighted by molar-refractivity contribution is 6.31. The molecule has 32 heavy (non-hydrogen) atoms. The van der Waals surface area contributed by atoms with E-state index in [1.54, 1.807) is 18.2 Å². The van der Waals surface area contributed by atoms with Crippen molar-refractivity contribution in [1.29, 1.82) is 0 Å². The van der Waals surface area contributed by atoms with Gasteiger partial charge >= 0.3 is 0 Å². The van der Waals surface area contributed by atoms with Gasteiger partial charge in [-0.2, -0.15) is 0 Å². The monoisotopic (exact) mass is 465 g/mol. The molecule has 6 heteroatoms. The van der Waals surface area contributed by atoms with E-state index in [4.69, 9.17) is 23.2 Å². The molecule has 1 N–H and O–H groups in total. The molecule has 0 spiro atoms. The molecule has 0 atom stereocenters. The van der Waals surface area contributed by atoms with Gasteiger partial charge in [-0.3, -0.25) is 9.69 Å². The standard InChI is InChI=1S/C26H25Cl2N3O/c27-22-8-5-20(6-9-22)7-14-26(32)29-23-10-12-24(13-11-23)31-17-15-30(16-18-31)19-21-3-1-2-4-25(21)28/h1-14H,15-19H2,(H,29,32)/b14-7+. The lowest BCUT2D eigenvalue weighted by molar-refractivity contribution is -0.111. The molecule has 0 bridgehead atoms. The van der Waals surface area contributed by atoms with E-state index in [2.05, 4.69) is 33.3 Å². The Labute approximate surface area is 199 Å². The molecular weight excluding hydrogens is 441 g/mol. The maximum absolute atomic E-state index is 12.2. The molecule has 4 rings (SSSR count). The lowest BCUT2D eigenvalue weighted by Gasteiger charge is -2.36. The predicted molar refractivity (Wildman–Crippen MR) is 134 cm³/mol. The number of anilines is 2. The topological polar surface area (TPSA) is 35.6 Å². The number of rotatable bonds is 6. The van der Waals surface area contributed by atoms with Gasteiger partial charge in [0.25, 0.3) is 0 Å². The fourth-order valence-corrected chi connectivity index (χ4v) is 4.04. The Balaban J connectivity index is 1.27. The highest BCUT2D eigenvalue weighted by atomic mass is 35.5. The largest absolute Gasteiger partial charge is 0.369 e. The number of hydrogen-bond acceptors (Lipinski definition) is 3. The minimum Gasteiger partial charge on any atom is -0.369 e. The van der Waals surface area contributed by atoms with E-state index in [1.165, 1.54) is 11.6 Å². The molecule has 0 saturated carbocycles. The quantitative estimate of drug-likeness (QED) is 0.455. The van der Waals surface area contributed by atoms with Gasteiger partial charge in [-0.1, -0.05) is 53.5 Å². The summed E-state index contributed by atoms with van der Waals surface area (Å²) in [6.07, 6.45) is 3.29. The SMILES string of the molecule is O=C(/C=C/c1ccc(Cl)cc1)Nc1ccc(N2CCN(Cc3ccccc3Cl)CC2)cc1. The van der Waals surface area contributed by atoms with Crippen molar-refractivity contribution in [2.24, 2.45) is 0 Å². The van der Waals surface area contributed by atoms with E-state index >= 15 is 0 Å². The zero-order chi connectivity index (χ0) is 22.3. The van der Waals surface area contributed by atoms with Crippen molar-refractivity contribution in [3.8, 4) is 0 Å². The molecular formula is C26H25Cl2N3O. The van der Waals surface area contributed by atoms with Gasteiger partial charge in [-0.05, 0) is 59.7 Å². The first kappa shape index (κ1) is 22.4. The summed E-state index contributed by atoms with van der Waals surface area (Å²) in [7, 11) is 0. The molecule has 1 fully saturated rings. The second kappa shape index (κ2) is 10.7. The van der Waals surface area contributed by atoms with Crippen molar-refractivity contribution in [2.45, 2.75) is 6.54 Å². The highest BCUT2D eigenvalue weighted by Crippen LogP contribution is 2.22. The Kier molecular flexibility index (Phi) is 7.48. The molecule has 4 nitrogen and oxygen atoms in total.